The van der Waals surface area contributed by atoms with Crippen molar-refractivity contribution in [2.75, 3.05) is 26.2 Å². The van der Waals surface area contributed by atoms with Gasteiger partial charge in [0.2, 0.25) is 0 Å². The summed E-state index contributed by atoms with van der Waals surface area (Å²) in [6, 6.07) is 0. The fraction of sp³-hybridized carbons (Fsp3) is 0.909. The van der Waals surface area contributed by atoms with Crippen LogP contribution in [0.1, 0.15) is 25.7 Å². The molecule has 0 bridgehead atoms. The van der Waals surface area contributed by atoms with E-state index in [0.717, 1.165) is 51.9 Å². The van der Waals surface area contributed by atoms with Crippen LogP contribution in [0.15, 0.2) is 0 Å². The molecule has 4 nitrogen and oxygen atoms in total. The Kier molecular flexibility index (Phi) is 3.59. The Balaban J connectivity index is 1.81. The van der Waals surface area contributed by atoms with E-state index in [1.807, 2.05) is 4.90 Å². The van der Waals surface area contributed by atoms with Crippen LogP contribution in [0.4, 0.5) is 0 Å². The molecule has 2 N–H and O–H groups in total. The summed E-state index contributed by atoms with van der Waals surface area (Å²) in [6.07, 6.45) is 3.87. The van der Waals surface area contributed by atoms with E-state index in [1.54, 1.807) is 0 Å². The first kappa shape index (κ1) is 10.9. The number of hydrogen-bond donors (Lipinski definition) is 1. The molecule has 2 heterocycles. The minimum absolute atomic E-state index is 0.153. The Morgan fingerprint density at radius 3 is 2.60 bits per heavy atom. The number of hydrogen-bond acceptors (Lipinski definition) is 3. The van der Waals surface area contributed by atoms with E-state index < -0.39 is 0 Å². The summed E-state index contributed by atoms with van der Waals surface area (Å²) in [7, 11) is 0. The van der Waals surface area contributed by atoms with E-state index in [4.69, 9.17) is 10.5 Å². The molecule has 1 atom stereocenters. The van der Waals surface area contributed by atoms with Crippen molar-refractivity contribution in [3.05, 3.63) is 0 Å². The van der Waals surface area contributed by atoms with E-state index in [1.165, 1.54) is 0 Å². The summed E-state index contributed by atoms with van der Waals surface area (Å²) in [5.41, 5.74) is 5.62. The zero-order valence-electron chi connectivity index (χ0n) is 9.15. The first-order valence-electron chi connectivity index (χ1n) is 5.91. The Labute approximate surface area is 90.8 Å². The second kappa shape index (κ2) is 4.94. The van der Waals surface area contributed by atoms with E-state index >= 15 is 0 Å². The molecule has 4 heteroatoms. The zero-order valence-corrected chi connectivity index (χ0v) is 9.15. The number of rotatable bonds is 2. The number of likely N-dealkylation sites (tertiary alicyclic amines) is 1. The maximum atomic E-state index is 12.0. The summed E-state index contributed by atoms with van der Waals surface area (Å²) in [4.78, 5) is 13.9. The van der Waals surface area contributed by atoms with Crippen LogP contribution in [0, 0.1) is 5.92 Å². The van der Waals surface area contributed by atoms with Crippen LogP contribution in [0.25, 0.3) is 0 Å². The van der Waals surface area contributed by atoms with Gasteiger partial charge in [0.15, 0.2) is 0 Å². The first-order chi connectivity index (χ1) is 7.31. The van der Waals surface area contributed by atoms with Gasteiger partial charge in [0.1, 0.15) is 6.10 Å². The molecular formula is C11H20N2O2. The molecular weight excluding hydrogens is 192 g/mol. The molecule has 0 aliphatic carbocycles. The average molecular weight is 212 g/mol. The Morgan fingerprint density at radius 2 is 2.07 bits per heavy atom. The van der Waals surface area contributed by atoms with Gasteiger partial charge in [-0.15, -0.1) is 0 Å². The number of amides is 1. The van der Waals surface area contributed by atoms with Crippen molar-refractivity contribution < 1.29 is 9.53 Å². The Bertz CT molecular complexity index is 219. The van der Waals surface area contributed by atoms with Crippen LogP contribution in [-0.4, -0.2) is 43.2 Å². The number of carbonyl (C=O) groups is 1. The van der Waals surface area contributed by atoms with Crippen molar-refractivity contribution in [3.8, 4) is 0 Å². The lowest BCUT2D eigenvalue weighted by atomic mass is 9.97. The van der Waals surface area contributed by atoms with Crippen molar-refractivity contribution in [2.24, 2.45) is 11.7 Å². The Hall–Kier alpha value is -0.610. The average Bonchev–Trinajstić information content (AvgIpc) is 2.82. The highest BCUT2D eigenvalue weighted by Crippen LogP contribution is 2.20. The quantitative estimate of drug-likeness (QED) is 0.719. The molecule has 0 aromatic carbocycles. The maximum Gasteiger partial charge on any atom is 0.251 e. The lowest BCUT2D eigenvalue weighted by Gasteiger charge is -2.32. The van der Waals surface area contributed by atoms with Gasteiger partial charge in [-0.3, -0.25) is 4.79 Å². The number of nitrogens with zero attached hydrogens (tertiary/aromatic N) is 1. The van der Waals surface area contributed by atoms with Gasteiger partial charge in [0.25, 0.3) is 5.91 Å². The summed E-state index contributed by atoms with van der Waals surface area (Å²) in [5.74, 6) is 0.807. The first-order valence-corrected chi connectivity index (χ1v) is 5.91. The molecule has 0 radical (unpaired) electrons. The fourth-order valence-corrected chi connectivity index (χ4v) is 2.37. The SMILES string of the molecule is NCC1CCN(C(=O)C2CCCO2)CC1. The van der Waals surface area contributed by atoms with Crippen LogP contribution in [0.3, 0.4) is 0 Å². The van der Waals surface area contributed by atoms with Crippen LogP contribution < -0.4 is 5.73 Å². The van der Waals surface area contributed by atoms with Crippen LogP contribution >= 0.6 is 0 Å². The molecule has 1 unspecified atom stereocenters. The van der Waals surface area contributed by atoms with Crippen LogP contribution in [0.2, 0.25) is 0 Å². The third kappa shape index (κ3) is 2.49. The van der Waals surface area contributed by atoms with Gasteiger partial charge in [-0.05, 0) is 38.1 Å². The molecule has 0 aromatic rings. The predicted molar refractivity (Wildman–Crippen MR) is 57.3 cm³/mol. The van der Waals surface area contributed by atoms with Crippen LogP contribution in [-0.2, 0) is 9.53 Å². The molecule has 0 aromatic heterocycles. The number of ether oxygens (including phenoxy) is 1. The summed E-state index contributed by atoms with van der Waals surface area (Å²) < 4.78 is 5.41. The van der Waals surface area contributed by atoms with Crippen molar-refractivity contribution in [1.29, 1.82) is 0 Å². The highest BCUT2D eigenvalue weighted by Gasteiger charge is 2.30. The van der Waals surface area contributed by atoms with Crippen molar-refractivity contribution in [3.63, 3.8) is 0 Å². The lowest BCUT2D eigenvalue weighted by molar-refractivity contribution is -0.142. The summed E-state index contributed by atoms with van der Waals surface area (Å²) in [5, 5.41) is 0. The van der Waals surface area contributed by atoms with Gasteiger partial charge in [-0.25, -0.2) is 0 Å². The highest BCUT2D eigenvalue weighted by molar-refractivity contribution is 5.81. The van der Waals surface area contributed by atoms with Crippen molar-refractivity contribution >= 4 is 5.91 Å². The zero-order chi connectivity index (χ0) is 10.7. The summed E-state index contributed by atoms with van der Waals surface area (Å²) >= 11 is 0. The van der Waals surface area contributed by atoms with Crippen molar-refractivity contribution in [1.82, 2.24) is 4.90 Å². The molecule has 2 aliphatic rings. The molecule has 0 spiro atoms. The third-order valence-electron chi connectivity index (χ3n) is 3.46. The monoisotopic (exact) mass is 212 g/mol. The molecule has 2 aliphatic heterocycles. The topological polar surface area (TPSA) is 55.6 Å². The van der Waals surface area contributed by atoms with Crippen LogP contribution in [0.5, 0.6) is 0 Å². The van der Waals surface area contributed by atoms with Gasteiger partial charge in [0, 0.05) is 19.7 Å². The highest BCUT2D eigenvalue weighted by atomic mass is 16.5. The van der Waals surface area contributed by atoms with E-state index in [0.29, 0.717) is 5.92 Å². The second-order valence-corrected chi connectivity index (χ2v) is 4.51. The van der Waals surface area contributed by atoms with E-state index in [2.05, 4.69) is 0 Å². The number of nitrogens with two attached hydrogens (primary N) is 1. The second-order valence-electron chi connectivity index (χ2n) is 4.51. The van der Waals surface area contributed by atoms with Gasteiger partial charge in [-0.1, -0.05) is 0 Å². The maximum absolute atomic E-state index is 12.0. The van der Waals surface area contributed by atoms with Gasteiger partial charge >= 0.3 is 0 Å². The molecule has 2 fully saturated rings. The third-order valence-corrected chi connectivity index (χ3v) is 3.46. The molecule has 2 saturated heterocycles. The molecule has 15 heavy (non-hydrogen) atoms. The lowest BCUT2D eigenvalue weighted by Crippen LogP contribution is -2.44. The van der Waals surface area contributed by atoms with E-state index in [-0.39, 0.29) is 12.0 Å². The molecule has 0 saturated carbocycles. The normalized spacial score (nSPS) is 28.3. The van der Waals surface area contributed by atoms with Gasteiger partial charge in [-0.2, -0.15) is 0 Å². The smallest absolute Gasteiger partial charge is 0.251 e. The summed E-state index contributed by atoms with van der Waals surface area (Å²) in [6.45, 7) is 3.22. The van der Waals surface area contributed by atoms with Gasteiger partial charge < -0.3 is 15.4 Å². The fourth-order valence-electron chi connectivity index (χ4n) is 2.37. The predicted octanol–water partition coefficient (Wildman–Crippen LogP) is 0.363. The number of carbonyl (C=O) groups excluding carboxylic acids is 1. The largest absolute Gasteiger partial charge is 0.368 e. The molecule has 2 rings (SSSR count). The van der Waals surface area contributed by atoms with Gasteiger partial charge in [0.05, 0.1) is 0 Å². The molecule has 1 amide bonds. The Morgan fingerprint density at radius 1 is 1.33 bits per heavy atom. The molecule has 86 valence electrons. The number of piperidine rings is 1. The standard InChI is InChI=1S/C11H20N2O2/c12-8-9-3-5-13(6-4-9)11(14)10-2-1-7-15-10/h9-10H,1-8,12H2. The minimum atomic E-state index is -0.153. The van der Waals surface area contributed by atoms with Crippen molar-refractivity contribution in [2.45, 2.75) is 31.8 Å². The minimum Gasteiger partial charge on any atom is -0.368 e. The van der Waals surface area contributed by atoms with E-state index in [9.17, 15) is 4.79 Å².